The molecular formula is C15H24N2O2. The molecule has 1 atom stereocenters. The van der Waals surface area contributed by atoms with Gasteiger partial charge in [-0.3, -0.25) is 9.59 Å². The summed E-state index contributed by atoms with van der Waals surface area (Å²) < 4.78 is 0. The van der Waals surface area contributed by atoms with Gasteiger partial charge in [-0.05, 0) is 33.6 Å². The van der Waals surface area contributed by atoms with Gasteiger partial charge >= 0.3 is 0 Å². The van der Waals surface area contributed by atoms with E-state index in [-0.39, 0.29) is 17.9 Å². The molecule has 1 aliphatic carbocycles. The van der Waals surface area contributed by atoms with E-state index in [0.717, 1.165) is 32.1 Å². The van der Waals surface area contributed by atoms with E-state index in [1.807, 2.05) is 26.8 Å². The zero-order valence-corrected chi connectivity index (χ0v) is 12.2. The molecule has 1 N–H and O–H groups in total. The van der Waals surface area contributed by atoms with Crippen LogP contribution in [0.4, 0.5) is 0 Å². The first kappa shape index (κ1) is 14.1. The molecule has 4 nitrogen and oxygen atoms in total. The number of allylic oxidation sites excluding steroid dienone is 1. The maximum absolute atomic E-state index is 12.8. The van der Waals surface area contributed by atoms with Crippen LogP contribution >= 0.6 is 0 Å². The van der Waals surface area contributed by atoms with Crippen molar-refractivity contribution in [3.8, 4) is 0 Å². The molecular weight excluding hydrogens is 240 g/mol. The lowest BCUT2D eigenvalue weighted by Crippen LogP contribution is -2.70. The average molecular weight is 264 g/mol. The summed E-state index contributed by atoms with van der Waals surface area (Å²) in [6.07, 6.45) is 6.80. The monoisotopic (exact) mass is 264 g/mol. The standard InChI is InChI=1S/C15H24N2O2/c1-11(2)7-10-17-12(3)13(18)16-15(14(17)19)8-5-4-6-9-15/h7,12H,4-6,8-10H2,1-3H3,(H,16,18). The van der Waals surface area contributed by atoms with Crippen molar-refractivity contribution in [3.63, 3.8) is 0 Å². The number of nitrogens with zero attached hydrogens (tertiary/aromatic N) is 1. The highest BCUT2D eigenvalue weighted by Gasteiger charge is 2.49. The van der Waals surface area contributed by atoms with Crippen molar-refractivity contribution < 1.29 is 9.59 Å². The molecule has 0 radical (unpaired) electrons. The highest BCUT2D eigenvalue weighted by molar-refractivity contribution is 5.99. The van der Waals surface area contributed by atoms with Crippen molar-refractivity contribution >= 4 is 11.8 Å². The molecule has 106 valence electrons. The molecule has 0 aromatic heterocycles. The minimum Gasteiger partial charge on any atom is -0.340 e. The molecule has 2 fully saturated rings. The second-order valence-corrected chi connectivity index (χ2v) is 6.05. The van der Waals surface area contributed by atoms with Crippen LogP contribution in [0.1, 0.15) is 52.9 Å². The van der Waals surface area contributed by atoms with Crippen molar-refractivity contribution in [3.05, 3.63) is 11.6 Å². The van der Waals surface area contributed by atoms with Gasteiger partial charge in [0.15, 0.2) is 0 Å². The largest absolute Gasteiger partial charge is 0.340 e. The van der Waals surface area contributed by atoms with Gasteiger partial charge in [0.2, 0.25) is 11.8 Å². The normalized spacial score (nSPS) is 26.3. The minimum absolute atomic E-state index is 0.0105. The molecule has 2 rings (SSSR count). The van der Waals surface area contributed by atoms with Gasteiger partial charge < -0.3 is 10.2 Å². The number of carbonyl (C=O) groups excluding carboxylic acids is 2. The summed E-state index contributed by atoms with van der Waals surface area (Å²) in [5.41, 5.74) is 0.556. The maximum atomic E-state index is 12.8. The number of hydrogen-bond donors (Lipinski definition) is 1. The summed E-state index contributed by atoms with van der Waals surface area (Å²) in [5, 5.41) is 3.00. The van der Waals surface area contributed by atoms with Crippen LogP contribution in [-0.4, -0.2) is 34.8 Å². The molecule has 4 heteroatoms. The Bertz CT molecular complexity index is 404. The first-order valence-corrected chi connectivity index (χ1v) is 7.23. The quantitative estimate of drug-likeness (QED) is 0.776. The van der Waals surface area contributed by atoms with E-state index in [1.165, 1.54) is 5.57 Å². The van der Waals surface area contributed by atoms with E-state index >= 15 is 0 Å². The van der Waals surface area contributed by atoms with E-state index < -0.39 is 5.54 Å². The third-order valence-electron chi connectivity index (χ3n) is 4.28. The van der Waals surface area contributed by atoms with Crippen molar-refractivity contribution in [1.29, 1.82) is 0 Å². The molecule has 19 heavy (non-hydrogen) atoms. The number of amides is 2. The van der Waals surface area contributed by atoms with Crippen molar-refractivity contribution in [2.45, 2.75) is 64.5 Å². The van der Waals surface area contributed by atoms with Crippen LogP contribution in [-0.2, 0) is 9.59 Å². The molecule has 1 saturated carbocycles. The van der Waals surface area contributed by atoms with Crippen LogP contribution in [0.2, 0.25) is 0 Å². The summed E-state index contributed by atoms with van der Waals surface area (Å²) in [6, 6.07) is -0.365. The number of nitrogens with one attached hydrogen (secondary N) is 1. The predicted octanol–water partition coefficient (Wildman–Crippen LogP) is 2.00. The lowest BCUT2D eigenvalue weighted by molar-refractivity contribution is -0.155. The fourth-order valence-electron chi connectivity index (χ4n) is 3.00. The molecule has 1 spiro atoms. The summed E-state index contributed by atoms with van der Waals surface area (Å²) in [7, 11) is 0. The van der Waals surface area contributed by atoms with E-state index in [1.54, 1.807) is 4.90 Å². The van der Waals surface area contributed by atoms with Crippen molar-refractivity contribution in [1.82, 2.24) is 10.2 Å². The topological polar surface area (TPSA) is 49.4 Å². The van der Waals surface area contributed by atoms with Crippen molar-refractivity contribution in [2.24, 2.45) is 0 Å². The van der Waals surface area contributed by atoms with Gasteiger partial charge in [-0.2, -0.15) is 0 Å². The summed E-state index contributed by atoms with van der Waals surface area (Å²) in [4.78, 5) is 26.6. The van der Waals surface area contributed by atoms with E-state index in [0.29, 0.717) is 6.54 Å². The molecule has 2 aliphatic rings. The first-order chi connectivity index (χ1) is 8.96. The second kappa shape index (κ2) is 5.35. The third-order valence-corrected chi connectivity index (χ3v) is 4.28. The smallest absolute Gasteiger partial charge is 0.249 e. The Morgan fingerprint density at radius 1 is 1.32 bits per heavy atom. The van der Waals surface area contributed by atoms with Crippen molar-refractivity contribution in [2.75, 3.05) is 6.54 Å². The van der Waals surface area contributed by atoms with E-state index in [2.05, 4.69) is 5.32 Å². The van der Waals surface area contributed by atoms with E-state index in [9.17, 15) is 9.59 Å². The maximum Gasteiger partial charge on any atom is 0.249 e. The highest BCUT2D eigenvalue weighted by atomic mass is 16.2. The summed E-state index contributed by atoms with van der Waals surface area (Å²) in [6.45, 7) is 6.37. The van der Waals surface area contributed by atoms with Crippen LogP contribution < -0.4 is 5.32 Å². The Kier molecular flexibility index (Phi) is 3.97. The molecule has 1 unspecified atom stereocenters. The Balaban J connectivity index is 2.23. The molecule has 0 bridgehead atoms. The summed E-state index contributed by atoms with van der Waals surface area (Å²) >= 11 is 0. The van der Waals surface area contributed by atoms with Crippen LogP contribution in [0, 0.1) is 0 Å². The molecule has 0 aromatic rings. The number of carbonyl (C=O) groups is 2. The van der Waals surface area contributed by atoms with E-state index in [4.69, 9.17) is 0 Å². The first-order valence-electron chi connectivity index (χ1n) is 7.23. The minimum atomic E-state index is -0.614. The SMILES string of the molecule is CC(C)=CCN1C(=O)C2(CCCCC2)NC(=O)C1C. The zero-order chi connectivity index (χ0) is 14.0. The van der Waals surface area contributed by atoms with Crippen LogP contribution in [0.5, 0.6) is 0 Å². The number of piperazine rings is 1. The van der Waals surface area contributed by atoms with Crippen LogP contribution in [0.15, 0.2) is 11.6 Å². The Labute approximate surface area is 115 Å². The van der Waals surface area contributed by atoms with Gasteiger partial charge in [-0.15, -0.1) is 0 Å². The Morgan fingerprint density at radius 3 is 2.53 bits per heavy atom. The van der Waals surface area contributed by atoms with Gasteiger partial charge in [-0.1, -0.05) is 30.9 Å². The number of hydrogen-bond acceptors (Lipinski definition) is 2. The molecule has 1 saturated heterocycles. The zero-order valence-electron chi connectivity index (χ0n) is 12.2. The van der Waals surface area contributed by atoms with Crippen LogP contribution in [0.25, 0.3) is 0 Å². The molecule has 1 heterocycles. The van der Waals surface area contributed by atoms with Gasteiger partial charge in [0.05, 0.1) is 0 Å². The van der Waals surface area contributed by atoms with Gasteiger partial charge in [0.1, 0.15) is 11.6 Å². The molecule has 2 amide bonds. The molecule has 1 aliphatic heterocycles. The highest BCUT2D eigenvalue weighted by Crippen LogP contribution is 2.33. The lowest BCUT2D eigenvalue weighted by Gasteiger charge is -2.46. The summed E-state index contributed by atoms with van der Waals surface area (Å²) in [5.74, 6) is 0.0976. The predicted molar refractivity (Wildman–Crippen MR) is 74.6 cm³/mol. The molecule has 0 aromatic carbocycles. The van der Waals surface area contributed by atoms with Gasteiger partial charge in [0.25, 0.3) is 0 Å². The van der Waals surface area contributed by atoms with Gasteiger partial charge in [-0.25, -0.2) is 0 Å². The Hall–Kier alpha value is -1.32. The second-order valence-electron chi connectivity index (χ2n) is 6.05. The average Bonchev–Trinajstić information content (AvgIpc) is 2.37. The lowest BCUT2D eigenvalue weighted by atomic mass is 9.78. The third kappa shape index (κ3) is 2.67. The fraction of sp³-hybridized carbons (Fsp3) is 0.733. The number of rotatable bonds is 2. The Morgan fingerprint density at radius 2 is 1.95 bits per heavy atom. The van der Waals surface area contributed by atoms with Crippen LogP contribution in [0.3, 0.4) is 0 Å². The van der Waals surface area contributed by atoms with Gasteiger partial charge in [0, 0.05) is 6.54 Å². The fourth-order valence-corrected chi connectivity index (χ4v) is 3.00.